The van der Waals surface area contributed by atoms with Gasteiger partial charge in [-0.2, -0.15) is 0 Å². The average molecular weight is 408 g/mol. The summed E-state index contributed by atoms with van der Waals surface area (Å²) < 4.78 is 39.6. The zero-order chi connectivity index (χ0) is 21.3. The van der Waals surface area contributed by atoms with Crippen LogP contribution in [-0.4, -0.2) is 25.3 Å². The number of aromatic amines is 1. The molecule has 0 aliphatic carbocycles. The average Bonchev–Trinajstić information content (AvgIpc) is 3.10. The fraction of sp³-hybridized carbons (Fsp3) is 0.167. The fourth-order valence-corrected chi connectivity index (χ4v) is 3.58. The molecule has 6 heteroatoms. The van der Waals surface area contributed by atoms with Gasteiger partial charge in [-0.05, 0) is 53.9 Å². The summed E-state index contributed by atoms with van der Waals surface area (Å²) in [6.07, 6.45) is 0. The number of rotatable bonds is 6. The van der Waals surface area contributed by atoms with E-state index >= 15 is 0 Å². The first-order valence-corrected chi connectivity index (χ1v) is 9.56. The highest BCUT2D eigenvalue weighted by Crippen LogP contribution is 2.34. The first kappa shape index (κ1) is 19.9. The van der Waals surface area contributed by atoms with Crippen molar-refractivity contribution >= 4 is 16.6 Å². The molecule has 0 spiro atoms. The Hall–Kier alpha value is -3.38. The molecule has 0 fully saturated rings. The lowest BCUT2D eigenvalue weighted by molar-refractivity contribution is 0.146. The van der Waals surface area contributed by atoms with E-state index in [0.29, 0.717) is 18.0 Å². The van der Waals surface area contributed by atoms with Gasteiger partial charge in [0.15, 0.2) is 0 Å². The summed E-state index contributed by atoms with van der Waals surface area (Å²) in [5, 5.41) is 0.859. The Kier molecular flexibility index (Phi) is 5.42. The molecule has 0 bridgehead atoms. The molecule has 3 N–H and O–H groups in total. The normalized spacial score (nSPS) is 11.2. The van der Waals surface area contributed by atoms with Crippen LogP contribution in [0.2, 0.25) is 0 Å². The second-order valence-corrected chi connectivity index (χ2v) is 7.16. The lowest BCUT2D eigenvalue weighted by Gasteiger charge is -2.08. The quantitative estimate of drug-likeness (QED) is 0.318. The van der Waals surface area contributed by atoms with Crippen molar-refractivity contribution in [3.63, 3.8) is 0 Å². The van der Waals surface area contributed by atoms with Crippen molar-refractivity contribution in [1.29, 1.82) is 0 Å². The SMILES string of the molecule is COCCOc1cc(F)c(-c2cc3cc(-c4ccc(N)cc4C)ccc3[nH]2)c(F)c1. The highest BCUT2D eigenvalue weighted by Gasteiger charge is 2.16. The number of benzene rings is 3. The molecule has 0 saturated carbocycles. The number of aromatic nitrogens is 1. The van der Waals surface area contributed by atoms with Crippen molar-refractivity contribution in [2.24, 2.45) is 0 Å². The van der Waals surface area contributed by atoms with Gasteiger partial charge < -0.3 is 20.2 Å². The molecule has 4 rings (SSSR count). The summed E-state index contributed by atoms with van der Waals surface area (Å²) >= 11 is 0. The first-order chi connectivity index (χ1) is 14.5. The Bertz CT molecular complexity index is 1190. The van der Waals surface area contributed by atoms with E-state index in [1.54, 1.807) is 6.07 Å². The number of nitrogens with one attached hydrogen (secondary N) is 1. The minimum atomic E-state index is -0.691. The number of aryl methyl sites for hydroxylation is 1. The second-order valence-electron chi connectivity index (χ2n) is 7.16. The van der Waals surface area contributed by atoms with Gasteiger partial charge in [-0.15, -0.1) is 0 Å². The molecule has 0 amide bonds. The Morgan fingerprint density at radius 1 is 0.933 bits per heavy atom. The number of nitrogens with two attached hydrogens (primary N) is 1. The van der Waals surface area contributed by atoms with Crippen LogP contribution in [0.25, 0.3) is 33.3 Å². The second kappa shape index (κ2) is 8.16. The molecule has 0 aliphatic rings. The zero-order valence-corrected chi connectivity index (χ0v) is 16.8. The van der Waals surface area contributed by atoms with Crippen LogP contribution in [0.3, 0.4) is 0 Å². The van der Waals surface area contributed by atoms with Crippen LogP contribution in [0.1, 0.15) is 5.56 Å². The molecule has 4 nitrogen and oxygen atoms in total. The van der Waals surface area contributed by atoms with Crippen molar-refractivity contribution in [2.75, 3.05) is 26.1 Å². The van der Waals surface area contributed by atoms with E-state index in [2.05, 4.69) is 4.98 Å². The minimum Gasteiger partial charge on any atom is -0.491 e. The Labute approximate surface area is 173 Å². The number of anilines is 1. The van der Waals surface area contributed by atoms with Crippen molar-refractivity contribution < 1.29 is 18.3 Å². The highest BCUT2D eigenvalue weighted by atomic mass is 19.1. The molecule has 0 unspecified atom stereocenters. The number of ether oxygens (including phenoxy) is 2. The summed E-state index contributed by atoms with van der Waals surface area (Å²) in [4.78, 5) is 3.11. The Morgan fingerprint density at radius 3 is 2.40 bits per heavy atom. The maximum atomic E-state index is 14.7. The molecule has 30 heavy (non-hydrogen) atoms. The topological polar surface area (TPSA) is 60.3 Å². The smallest absolute Gasteiger partial charge is 0.139 e. The van der Waals surface area contributed by atoms with Crippen LogP contribution in [0.5, 0.6) is 5.75 Å². The van der Waals surface area contributed by atoms with Crippen LogP contribution >= 0.6 is 0 Å². The molecular weight excluding hydrogens is 386 g/mol. The van der Waals surface area contributed by atoms with Gasteiger partial charge in [0, 0.05) is 35.8 Å². The molecular formula is C24H22F2N2O2. The third-order valence-corrected chi connectivity index (χ3v) is 5.02. The summed E-state index contributed by atoms with van der Waals surface area (Å²) in [5.41, 5.74) is 10.7. The van der Waals surface area contributed by atoms with Gasteiger partial charge in [0.25, 0.3) is 0 Å². The first-order valence-electron chi connectivity index (χ1n) is 9.56. The third-order valence-electron chi connectivity index (χ3n) is 5.02. The van der Waals surface area contributed by atoms with Crippen LogP contribution in [0, 0.1) is 18.6 Å². The maximum Gasteiger partial charge on any atom is 0.139 e. The standard InChI is InChI=1S/C24H22F2N2O2/c1-14-9-17(27)4-5-19(14)15-3-6-22-16(10-15)11-23(28-22)24-20(25)12-18(13-21(24)26)30-8-7-29-2/h3-6,9-13,28H,7-8,27H2,1-2H3. The van der Waals surface area contributed by atoms with Crippen molar-refractivity contribution in [3.05, 3.63) is 71.8 Å². The molecule has 4 aromatic rings. The number of H-pyrrole nitrogens is 1. The molecule has 0 radical (unpaired) electrons. The van der Waals surface area contributed by atoms with Gasteiger partial charge in [-0.3, -0.25) is 0 Å². The van der Waals surface area contributed by atoms with Gasteiger partial charge in [0.2, 0.25) is 0 Å². The van der Waals surface area contributed by atoms with E-state index in [-0.39, 0.29) is 17.9 Å². The predicted molar refractivity (Wildman–Crippen MR) is 116 cm³/mol. The Balaban J connectivity index is 1.70. The molecule has 0 atom stereocenters. The number of halogens is 2. The number of methoxy groups -OCH3 is 1. The van der Waals surface area contributed by atoms with Crippen LogP contribution in [-0.2, 0) is 4.74 Å². The molecule has 0 saturated heterocycles. The zero-order valence-electron chi connectivity index (χ0n) is 16.8. The fourth-order valence-electron chi connectivity index (χ4n) is 3.58. The largest absolute Gasteiger partial charge is 0.491 e. The number of hydrogen-bond acceptors (Lipinski definition) is 3. The lowest BCUT2D eigenvalue weighted by atomic mass is 9.99. The van der Waals surface area contributed by atoms with E-state index in [0.717, 1.165) is 27.6 Å². The van der Waals surface area contributed by atoms with Crippen LogP contribution in [0.15, 0.2) is 54.6 Å². The van der Waals surface area contributed by atoms with Gasteiger partial charge in [-0.1, -0.05) is 12.1 Å². The third kappa shape index (κ3) is 3.86. The van der Waals surface area contributed by atoms with Gasteiger partial charge in [-0.25, -0.2) is 8.78 Å². The molecule has 1 aromatic heterocycles. The summed E-state index contributed by atoms with van der Waals surface area (Å²) in [6.45, 7) is 2.55. The number of hydrogen-bond donors (Lipinski definition) is 2. The van der Waals surface area contributed by atoms with Crippen molar-refractivity contribution in [3.8, 4) is 28.1 Å². The van der Waals surface area contributed by atoms with Gasteiger partial charge in [0.05, 0.1) is 17.9 Å². The molecule has 154 valence electrons. The summed E-state index contributed by atoms with van der Waals surface area (Å²) in [5.74, 6) is -1.25. The minimum absolute atomic E-state index is 0.115. The van der Waals surface area contributed by atoms with E-state index in [1.807, 2.05) is 43.3 Å². The van der Waals surface area contributed by atoms with E-state index in [1.165, 1.54) is 19.2 Å². The lowest BCUT2D eigenvalue weighted by Crippen LogP contribution is -2.05. The molecule has 1 heterocycles. The summed E-state index contributed by atoms with van der Waals surface area (Å²) in [7, 11) is 1.53. The number of fused-ring (bicyclic) bond motifs is 1. The highest BCUT2D eigenvalue weighted by molar-refractivity contribution is 5.90. The monoisotopic (exact) mass is 408 g/mol. The van der Waals surface area contributed by atoms with E-state index < -0.39 is 11.6 Å². The van der Waals surface area contributed by atoms with Crippen molar-refractivity contribution in [1.82, 2.24) is 4.98 Å². The van der Waals surface area contributed by atoms with E-state index in [9.17, 15) is 8.78 Å². The number of nitrogen functional groups attached to an aromatic ring is 1. The summed E-state index contributed by atoms with van der Waals surface area (Å²) in [6, 6.07) is 15.7. The van der Waals surface area contributed by atoms with Gasteiger partial charge >= 0.3 is 0 Å². The predicted octanol–water partition coefficient (Wildman–Crippen LogP) is 5.70. The maximum absolute atomic E-state index is 14.7. The Morgan fingerprint density at radius 2 is 1.70 bits per heavy atom. The van der Waals surface area contributed by atoms with E-state index in [4.69, 9.17) is 15.2 Å². The molecule has 0 aliphatic heterocycles. The van der Waals surface area contributed by atoms with Crippen LogP contribution in [0.4, 0.5) is 14.5 Å². The van der Waals surface area contributed by atoms with Gasteiger partial charge in [0.1, 0.15) is 24.0 Å². The van der Waals surface area contributed by atoms with Crippen LogP contribution < -0.4 is 10.5 Å². The van der Waals surface area contributed by atoms with Crippen molar-refractivity contribution in [2.45, 2.75) is 6.92 Å². The molecule has 3 aromatic carbocycles.